The van der Waals surface area contributed by atoms with Gasteiger partial charge in [0.15, 0.2) is 0 Å². The topological polar surface area (TPSA) is 61.9 Å². The first-order chi connectivity index (χ1) is 13.5. The number of hydrogen-bond donors (Lipinski definition) is 1. The Balaban J connectivity index is 1.56. The highest BCUT2D eigenvalue weighted by Crippen LogP contribution is 2.26. The summed E-state index contributed by atoms with van der Waals surface area (Å²) >= 11 is 0. The molecule has 2 fully saturated rings. The largest absolute Gasteiger partial charge is 0.378 e. The van der Waals surface area contributed by atoms with Gasteiger partial charge in [0.1, 0.15) is 5.57 Å². The van der Waals surface area contributed by atoms with Gasteiger partial charge in [0, 0.05) is 18.8 Å². The predicted molar refractivity (Wildman–Crippen MR) is 109 cm³/mol. The van der Waals surface area contributed by atoms with Crippen molar-refractivity contribution in [2.24, 2.45) is 0 Å². The maximum Gasteiger partial charge on any atom is 0.282 e. The Morgan fingerprint density at radius 3 is 2.39 bits per heavy atom. The molecule has 144 valence electrons. The third kappa shape index (κ3) is 3.51. The van der Waals surface area contributed by atoms with Crippen LogP contribution in [-0.4, -0.2) is 38.1 Å². The standard InChI is InChI=1S/C22H23N3O3/c1-15-3-8-20(16(2)13-15)25-22(27)19(21(26)23-25)14-17-4-6-18(7-5-17)24-9-11-28-12-10-24/h3-8,13-14H,9-12H2,1-2H3,(H,23,26)/b19-14+. The van der Waals surface area contributed by atoms with E-state index in [4.69, 9.17) is 4.74 Å². The van der Waals surface area contributed by atoms with Crippen molar-refractivity contribution in [3.63, 3.8) is 0 Å². The van der Waals surface area contributed by atoms with Crippen molar-refractivity contribution in [1.82, 2.24) is 5.43 Å². The van der Waals surface area contributed by atoms with Crippen LogP contribution in [0, 0.1) is 13.8 Å². The number of rotatable bonds is 3. The minimum atomic E-state index is -0.387. The van der Waals surface area contributed by atoms with Crippen LogP contribution in [0.3, 0.4) is 0 Å². The molecule has 2 aromatic rings. The van der Waals surface area contributed by atoms with Crippen molar-refractivity contribution in [1.29, 1.82) is 0 Å². The second-order valence-electron chi connectivity index (χ2n) is 7.12. The number of ether oxygens (including phenoxy) is 1. The maximum atomic E-state index is 12.8. The fourth-order valence-corrected chi connectivity index (χ4v) is 3.55. The molecule has 2 aromatic carbocycles. The van der Waals surface area contributed by atoms with Gasteiger partial charge in [0.2, 0.25) is 0 Å². The van der Waals surface area contributed by atoms with Crippen molar-refractivity contribution in [3.05, 3.63) is 64.7 Å². The molecule has 2 aliphatic rings. The van der Waals surface area contributed by atoms with E-state index in [2.05, 4.69) is 10.3 Å². The molecule has 1 N–H and O–H groups in total. The number of nitrogens with zero attached hydrogens (tertiary/aromatic N) is 2. The summed E-state index contributed by atoms with van der Waals surface area (Å²) in [5.74, 6) is -0.726. The Labute approximate surface area is 164 Å². The Morgan fingerprint density at radius 1 is 1.00 bits per heavy atom. The number of aryl methyl sites for hydroxylation is 2. The van der Waals surface area contributed by atoms with Gasteiger partial charge >= 0.3 is 0 Å². The van der Waals surface area contributed by atoms with Crippen LogP contribution >= 0.6 is 0 Å². The van der Waals surface area contributed by atoms with E-state index in [1.807, 2.05) is 56.3 Å². The molecular weight excluding hydrogens is 354 g/mol. The van der Waals surface area contributed by atoms with Gasteiger partial charge in [-0.15, -0.1) is 0 Å². The summed E-state index contributed by atoms with van der Waals surface area (Å²) in [7, 11) is 0. The Morgan fingerprint density at radius 2 is 1.71 bits per heavy atom. The molecule has 0 aliphatic carbocycles. The summed E-state index contributed by atoms with van der Waals surface area (Å²) in [6.45, 7) is 7.11. The number of anilines is 2. The van der Waals surface area contributed by atoms with Crippen LogP contribution in [0.15, 0.2) is 48.0 Å². The molecule has 2 amide bonds. The molecule has 0 atom stereocenters. The van der Waals surface area contributed by atoms with Crippen molar-refractivity contribution in [3.8, 4) is 0 Å². The molecule has 4 rings (SSSR count). The molecule has 28 heavy (non-hydrogen) atoms. The zero-order chi connectivity index (χ0) is 19.7. The van der Waals surface area contributed by atoms with E-state index >= 15 is 0 Å². The molecule has 2 heterocycles. The molecule has 0 unspecified atom stereocenters. The van der Waals surface area contributed by atoms with Gasteiger partial charge in [0.05, 0.1) is 18.9 Å². The van der Waals surface area contributed by atoms with Crippen LogP contribution in [0.5, 0.6) is 0 Å². The zero-order valence-electron chi connectivity index (χ0n) is 16.1. The van der Waals surface area contributed by atoms with Gasteiger partial charge in [-0.2, -0.15) is 0 Å². The van der Waals surface area contributed by atoms with E-state index in [0.29, 0.717) is 5.69 Å². The van der Waals surface area contributed by atoms with E-state index < -0.39 is 0 Å². The fourth-order valence-electron chi connectivity index (χ4n) is 3.55. The third-order valence-corrected chi connectivity index (χ3v) is 5.06. The van der Waals surface area contributed by atoms with Crippen LogP contribution in [0.4, 0.5) is 11.4 Å². The predicted octanol–water partition coefficient (Wildman–Crippen LogP) is 2.60. The van der Waals surface area contributed by atoms with Gasteiger partial charge in [-0.25, -0.2) is 5.01 Å². The molecule has 0 saturated carbocycles. The van der Waals surface area contributed by atoms with Crippen LogP contribution < -0.4 is 15.3 Å². The summed E-state index contributed by atoms with van der Waals surface area (Å²) in [5, 5.41) is 1.32. The van der Waals surface area contributed by atoms with Crippen molar-refractivity contribution in [2.75, 3.05) is 36.2 Å². The van der Waals surface area contributed by atoms with E-state index in [0.717, 1.165) is 48.7 Å². The number of amides is 2. The maximum absolute atomic E-state index is 12.8. The van der Waals surface area contributed by atoms with Crippen LogP contribution in [0.1, 0.15) is 16.7 Å². The van der Waals surface area contributed by atoms with Gasteiger partial charge < -0.3 is 9.64 Å². The van der Waals surface area contributed by atoms with E-state index in [9.17, 15) is 9.59 Å². The van der Waals surface area contributed by atoms with Crippen LogP contribution in [-0.2, 0) is 14.3 Å². The minimum Gasteiger partial charge on any atom is -0.378 e. The number of carbonyl (C=O) groups excluding carboxylic acids is 2. The van der Waals surface area contributed by atoms with E-state index in [-0.39, 0.29) is 17.4 Å². The normalized spacial score (nSPS) is 18.7. The number of hydrogen-bond acceptors (Lipinski definition) is 4. The van der Waals surface area contributed by atoms with Gasteiger partial charge in [-0.3, -0.25) is 15.0 Å². The van der Waals surface area contributed by atoms with Crippen molar-refractivity contribution < 1.29 is 14.3 Å². The summed E-state index contributed by atoms with van der Waals surface area (Å²) in [6.07, 6.45) is 1.64. The molecule has 0 bridgehead atoms. The minimum absolute atomic E-state index is 0.138. The van der Waals surface area contributed by atoms with Gasteiger partial charge in [0.25, 0.3) is 11.8 Å². The van der Waals surface area contributed by atoms with Gasteiger partial charge in [-0.05, 0) is 49.2 Å². The highest BCUT2D eigenvalue weighted by molar-refractivity contribution is 6.31. The highest BCUT2D eigenvalue weighted by atomic mass is 16.5. The first-order valence-corrected chi connectivity index (χ1v) is 9.40. The molecule has 0 spiro atoms. The lowest BCUT2D eigenvalue weighted by molar-refractivity contribution is -0.117. The fraction of sp³-hybridized carbons (Fsp3) is 0.273. The summed E-state index contributed by atoms with van der Waals surface area (Å²) in [4.78, 5) is 27.5. The first-order valence-electron chi connectivity index (χ1n) is 9.40. The quantitative estimate of drug-likeness (QED) is 0.660. The number of hydrazine groups is 1. The average molecular weight is 377 g/mol. The van der Waals surface area contributed by atoms with Crippen molar-refractivity contribution >= 4 is 29.3 Å². The first kappa shape index (κ1) is 18.3. The second kappa shape index (κ2) is 7.48. The van der Waals surface area contributed by atoms with Crippen LogP contribution in [0.2, 0.25) is 0 Å². The smallest absolute Gasteiger partial charge is 0.282 e. The Kier molecular flexibility index (Phi) is 4.88. The van der Waals surface area contributed by atoms with E-state index in [1.165, 1.54) is 5.01 Å². The Bertz CT molecular complexity index is 944. The van der Waals surface area contributed by atoms with E-state index in [1.54, 1.807) is 6.08 Å². The number of benzene rings is 2. The molecule has 0 radical (unpaired) electrons. The zero-order valence-corrected chi connectivity index (χ0v) is 16.1. The molecule has 0 aromatic heterocycles. The average Bonchev–Trinajstić information content (AvgIpc) is 2.97. The molecule has 6 heteroatoms. The lowest BCUT2D eigenvalue weighted by atomic mass is 10.1. The Hall–Kier alpha value is -3.12. The monoisotopic (exact) mass is 377 g/mol. The number of nitrogens with one attached hydrogen (secondary N) is 1. The summed E-state index contributed by atoms with van der Waals surface area (Å²) in [5.41, 5.74) is 7.47. The summed E-state index contributed by atoms with van der Waals surface area (Å²) < 4.78 is 5.38. The summed E-state index contributed by atoms with van der Waals surface area (Å²) in [6, 6.07) is 13.6. The van der Waals surface area contributed by atoms with Gasteiger partial charge in [-0.1, -0.05) is 29.8 Å². The third-order valence-electron chi connectivity index (χ3n) is 5.06. The molecule has 2 saturated heterocycles. The molecule has 2 aliphatic heterocycles. The lowest BCUT2D eigenvalue weighted by Gasteiger charge is -2.28. The van der Waals surface area contributed by atoms with Crippen LogP contribution in [0.25, 0.3) is 6.08 Å². The highest BCUT2D eigenvalue weighted by Gasteiger charge is 2.35. The SMILES string of the molecule is Cc1ccc(N2NC(=O)/C(=C\c3ccc(N4CCOCC4)cc3)C2=O)c(C)c1. The van der Waals surface area contributed by atoms with Crippen molar-refractivity contribution in [2.45, 2.75) is 13.8 Å². The molecular formula is C22H23N3O3. The number of morpholine rings is 1. The second-order valence-corrected chi connectivity index (χ2v) is 7.12. The lowest BCUT2D eigenvalue weighted by Crippen LogP contribution is -2.36. The number of carbonyl (C=O) groups is 2. The molecule has 6 nitrogen and oxygen atoms in total.